The summed E-state index contributed by atoms with van der Waals surface area (Å²) in [4.78, 5) is 14.5. The second-order valence-corrected chi connectivity index (χ2v) is 9.21. The largest absolute Gasteiger partial charge is 0.375 e. The van der Waals surface area contributed by atoms with E-state index in [1.165, 1.54) is 0 Å². The van der Waals surface area contributed by atoms with Crippen molar-refractivity contribution in [3.05, 3.63) is 58.6 Å². The highest BCUT2D eigenvalue weighted by Gasteiger charge is 2.35. The maximum Gasteiger partial charge on any atom is 0.246 e. The van der Waals surface area contributed by atoms with Gasteiger partial charge in [-0.2, -0.15) is 0 Å². The van der Waals surface area contributed by atoms with Crippen molar-refractivity contribution in [3.8, 4) is 0 Å². The van der Waals surface area contributed by atoms with E-state index in [9.17, 15) is 13.2 Å². The van der Waals surface area contributed by atoms with E-state index in [1.54, 1.807) is 35.2 Å². The molecule has 0 saturated carbocycles. The summed E-state index contributed by atoms with van der Waals surface area (Å²) in [7, 11) is -3.11. The number of benzene rings is 2. The van der Waals surface area contributed by atoms with E-state index in [2.05, 4.69) is 5.32 Å². The van der Waals surface area contributed by atoms with Crippen molar-refractivity contribution in [1.82, 2.24) is 0 Å². The van der Waals surface area contributed by atoms with Crippen molar-refractivity contribution in [1.29, 1.82) is 0 Å². The summed E-state index contributed by atoms with van der Waals surface area (Å²) < 4.78 is 23.7. The third-order valence-electron chi connectivity index (χ3n) is 4.24. The number of anilines is 2. The third kappa shape index (κ3) is 4.50. The number of nitrogens with one attached hydrogen (secondary N) is 1. The van der Waals surface area contributed by atoms with E-state index in [4.69, 9.17) is 23.2 Å². The standard InChI is InChI=1S/C18H18Cl2N2O3S/c19-13-6-7-17(16(20)10-13)21-11-18(23)22(14-4-2-1-3-5-14)15-8-9-26(24,25)12-15/h1-7,10,15,21H,8-9,11-12H2. The molecule has 26 heavy (non-hydrogen) atoms. The molecule has 1 heterocycles. The summed E-state index contributed by atoms with van der Waals surface area (Å²) in [6, 6.07) is 13.7. The summed E-state index contributed by atoms with van der Waals surface area (Å²) >= 11 is 12.0. The molecule has 8 heteroatoms. The SMILES string of the molecule is O=C(CNc1ccc(Cl)cc1Cl)N(c1ccccc1)C1CCS(=O)(=O)C1. The average molecular weight is 413 g/mol. The second-order valence-electron chi connectivity index (χ2n) is 6.13. The van der Waals surface area contributed by atoms with Gasteiger partial charge in [-0.05, 0) is 36.8 Å². The Hall–Kier alpha value is -1.76. The number of hydrogen-bond acceptors (Lipinski definition) is 4. The lowest BCUT2D eigenvalue weighted by molar-refractivity contribution is -0.117. The van der Waals surface area contributed by atoms with Crippen LogP contribution in [0.4, 0.5) is 11.4 Å². The van der Waals surface area contributed by atoms with Crippen LogP contribution in [0.5, 0.6) is 0 Å². The van der Waals surface area contributed by atoms with Gasteiger partial charge in [0.25, 0.3) is 0 Å². The summed E-state index contributed by atoms with van der Waals surface area (Å²) in [6.45, 7) is -0.00715. The molecular weight excluding hydrogens is 395 g/mol. The zero-order valence-electron chi connectivity index (χ0n) is 13.9. The van der Waals surface area contributed by atoms with Gasteiger partial charge in [-0.1, -0.05) is 41.4 Å². The van der Waals surface area contributed by atoms with E-state index >= 15 is 0 Å². The lowest BCUT2D eigenvalue weighted by Gasteiger charge is -2.28. The molecule has 0 aromatic heterocycles. The van der Waals surface area contributed by atoms with Crippen molar-refractivity contribution in [2.75, 3.05) is 28.3 Å². The molecule has 1 unspecified atom stereocenters. The maximum atomic E-state index is 12.9. The first-order valence-corrected chi connectivity index (χ1v) is 10.7. The van der Waals surface area contributed by atoms with Gasteiger partial charge in [0.05, 0.1) is 34.8 Å². The summed E-state index contributed by atoms with van der Waals surface area (Å²) in [5.41, 5.74) is 1.28. The Morgan fingerprint density at radius 3 is 2.50 bits per heavy atom. The predicted molar refractivity (Wildman–Crippen MR) is 106 cm³/mol. The highest BCUT2D eigenvalue weighted by Crippen LogP contribution is 2.27. The van der Waals surface area contributed by atoms with Gasteiger partial charge < -0.3 is 10.2 Å². The molecule has 5 nitrogen and oxygen atoms in total. The Kier molecular flexibility index (Phi) is 5.75. The average Bonchev–Trinajstić information content (AvgIpc) is 2.95. The number of carbonyl (C=O) groups excluding carboxylic acids is 1. The predicted octanol–water partition coefficient (Wildman–Crippen LogP) is 3.63. The minimum Gasteiger partial charge on any atom is -0.375 e. The zero-order chi connectivity index (χ0) is 18.7. The Morgan fingerprint density at radius 1 is 1.15 bits per heavy atom. The monoisotopic (exact) mass is 412 g/mol. The van der Waals surface area contributed by atoms with Crippen LogP contribution >= 0.6 is 23.2 Å². The van der Waals surface area contributed by atoms with E-state index in [-0.39, 0.29) is 30.0 Å². The van der Waals surface area contributed by atoms with Crippen LogP contribution in [0.1, 0.15) is 6.42 Å². The van der Waals surface area contributed by atoms with Crippen LogP contribution in [0.15, 0.2) is 48.5 Å². The molecule has 0 aliphatic carbocycles. The van der Waals surface area contributed by atoms with Crippen LogP contribution in [0.2, 0.25) is 10.0 Å². The van der Waals surface area contributed by atoms with Crippen LogP contribution in [-0.4, -0.2) is 38.4 Å². The molecule has 2 aromatic rings. The zero-order valence-corrected chi connectivity index (χ0v) is 16.2. The molecule has 1 aliphatic heterocycles. The molecule has 1 atom stereocenters. The third-order valence-corrected chi connectivity index (χ3v) is 6.54. The molecule has 0 radical (unpaired) electrons. The molecule has 3 rings (SSSR count). The van der Waals surface area contributed by atoms with Crippen LogP contribution in [0.3, 0.4) is 0 Å². The minimum atomic E-state index is -3.11. The van der Waals surface area contributed by atoms with Crippen molar-refractivity contribution >= 4 is 50.3 Å². The van der Waals surface area contributed by atoms with Crippen molar-refractivity contribution in [2.45, 2.75) is 12.5 Å². The molecule has 1 N–H and O–H groups in total. The van der Waals surface area contributed by atoms with Crippen LogP contribution in [0.25, 0.3) is 0 Å². The van der Waals surface area contributed by atoms with E-state index in [1.807, 2.05) is 18.2 Å². The molecule has 2 aromatic carbocycles. The van der Waals surface area contributed by atoms with Gasteiger partial charge in [0, 0.05) is 10.7 Å². The lowest BCUT2D eigenvalue weighted by Crippen LogP contribution is -2.44. The van der Waals surface area contributed by atoms with E-state index in [0.29, 0.717) is 27.8 Å². The molecule has 0 spiro atoms. The molecule has 1 aliphatic rings. The summed E-state index contributed by atoms with van der Waals surface area (Å²) in [5, 5.41) is 3.93. The molecule has 138 valence electrons. The van der Waals surface area contributed by atoms with Crippen molar-refractivity contribution in [3.63, 3.8) is 0 Å². The number of halogens is 2. The minimum absolute atomic E-state index is 0.00715. The molecule has 1 fully saturated rings. The van der Waals surface area contributed by atoms with Gasteiger partial charge >= 0.3 is 0 Å². The lowest BCUT2D eigenvalue weighted by atomic mass is 10.1. The van der Waals surface area contributed by atoms with Crippen molar-refractivity contribution in [2.24, 2.45) is 0 Å². The first-order chi connectivity index (χ1) is 12.4. The fraction of sp³-hybridized carbons (Fsp3) is 0.278. The van der Waals surface area contributed by atoms with Crippen molar-refractivity contribution < 1.29 is 13.2 Å². The first-order valence-electron chi connectivity index (χ1n) is 8.12. The normalized spacial score (nSPS) is 18.5. The van der Waals surface area contributed by atoms with Crippen LogP contribution in [0, 0.1) is 0 Å². The Balaban J connectivity index is 1.79. The summed E-state index contributed by atoms with van der Waals surface area (Å²) in [5.74, 6) is -0.135. The van der Waals surface area contributed by atoms with Gasteiger partial charge in [0.15, 0.2) is 9.84 Å². The summed E-state index contributed by atoms with van der Waals surface area (Å²) in [6.07, 6.45) is 0.435. The van der Waals surface area contributed by atoms with Gasteiger partial charge in [-0.25, -0.2) is 8.42 Å². The van der Waals surface area contributed by atoms with Gasteiger partial charge in [0.1, 0.15) is 0 Å². The number of sulfone groups is 1. The highest BCUT2D eigenvalue weighted by atomic mass is 35.5. The molecule has 1 saturated heterocycles. The molecule has 0 bridgehead atoms. The maximum absolute atomic E-state index is 12.9. The second kappa shape index (κ2) is 7.86. The molecular formula is C18H18Cl2N2O3S. The highest BCUT2D eigenvalue weighted by molar-refractivity contribution is 7.91. The quantitative estimate of drug-likeness (QED) is 0.813. The number of para-hydroxylation sites is 1. The Bertz CT molecular complexity index is 904. The number of hydrogen-bond donors (Lipinski definition) is 1. The Morgan fingerprint density at radius 2 is 1.88 bits per heavy atom. The van der Waals surface area contributed by atoms with E-state index < -0.39 is 9.84 Å². The number of rotatable bonds is 5. The fourth-order valence-corrected chi connectivity index (χ4v) is 5.19. The number of nitrogens with zero attached hydrogens (tertiary/aromatic N) is 1. The number of amides is 1. The Labute approximate surface area is 162 Å². The van der Waals surface area contributed by atoms with Crippen LogP contribution < -0.4 is 10.2 Å². The first kappa shape index (κ1) is 19.0. The topological polar surface area (TPSA) is 66.5 Å². The smallest absolute Gasteiger partial charge is 0.246 e. The molecule has 1 amide bonds. The van der Waals surface area contributed by atoms with Crippen LogP contribution in [-0.2, 0) is 14.6 Å². The van der Waals surface area contributed by atoms with E-state index in [0.717, 1.165) is 0 Å². The van der Waals surface area contributed by atoms with Gasteiger partial charge in [0.2, 0.25) is 5.91 Å². The van der Waals surface area contributed by atoms with Gasteiger partial charge in [-0.3, -0.25) is 4.79 Å². The fourth-order valence-electron chi connectivity index (χ4n) is 3.01. The number of carbonyl (C=O) groups is 1. The van der Waals surface area contributed by atoms with Gasteiger partial charge in [-0.15, -0.1) is 0 Å².